The Hall–Kier alpha value is -3.70. The summed E-state index contributed by atoms with van der Waals surface area (Å²) in [4.78, 5) is 11.9. The average Bonchev–Trinajstić information content (AvgIpc) is 3.42. The van der Waals surface area contributed by atoms with Gasteiger partial charge in [-0.1, -0.05) is 0 Å². The lowest BCUT2D eigenvalue weighted by Gasteiger charge is -2.31. The zero-order valence-corrected chi connectivity index (χ0v) is 24.1. The van der Waals surface area contributed by atoms with E-state index in [1.54, 1.807) is 4.68 Å². The number of likely N-dealkylation sites (N-methyl/N-ethyl adjacent to an activating group) is 1. The number of H-pyrrole nitrogens is 1. The molecule has 0 aromatic carbocycles. The Kier molecular flexibility index (Phi) is 8.41. The number of pyridine rings is 1. The number of allylic oxidation sites excluding steroid dienone is 1. The molecule has 1 aliphatic heterocycles. The second-order valence-corrected chi connectivity index (χ2v) is 10.1. The monoisotopic (exact) mass is 536 g/mol. The number of aliphatic hydroxyl groups is 1. The highest BCUT2D eigenvalue weighted by Crippen LogP contribution is 2.35. The number of nitrogens with one attached hydrogen (secondary N) is 1. The van der Waals surface area contributed by atoms with Gasteiger partial charge in [-0.15, -0.1) is 0 Å². The molecule has 0 fully saturated rings. The maximum absolute atomic E-state index is 9.80. The molecule has 0 spiro atoms. The predicted octanol–water partition coefficient (Wildman–Crippen LogP) is 3.12. The Morgan fingerprint density at radius 2 is 2.03 bits per heavy atom. The van der Waals surface area contributed by atoms with Gasteiger partial charge in [-0.05, 0) is 66.8 Å². The fourth-order valence-electron chi connectivity index (χ4n) is 4.75. The Morgan fingerprint density at radius 1 is 1.28 bits per heavy atom. The molecule has 4 rings (SSSR count). The van der Waals surface area contributed by atoms with Gasteiger partial charge in [-0.25, -0.2) is 4.68 Å². The van der Waals surface area contributed by atoms with Gasteiger partial charge in [0.2, 0.25) is 5.88 Å². The molecule has 39 heavy (non-hydrogen) atoms. The standard InChI is InChI=1S/C28H40N8O3/c1-9-38-27(29)20-10-11-22-21-12-23(31-17(4)26(21)33-32-22)25-16(3)34-36(8)28(25)39-19(6)18(5)35(7)13-24(20)30-15(2)14-37/h10-12,15,18-19,37H,9,13-14,29H2,1-8H3,(H,32,33)/b11-10+,27-20+,30-24?/t15?,18?,19-/m1/s1. The lowest BCUT2D eigenvalue weighted by atomic mass is 10.1. The van der Waals surface area contributed by atoms with Gasteiger partial charge in [0, 0.05) is 25.0 Å². The van der Waals surface area contributed by atoms with Crippen LogP contribution in [0.5, 0.6) is 5.88 Å². The average molecular weight is 537 g/mol. The van der Waals surface area contributed by atoms with Crippen molar-refractivity contribution in [2.45, 2.75) is 59.7 Å². The Morgan fingerprint density at radius 3 is 2.72 bits per heavy atom. The molecule has 11 heteroatoms. The fourth-order valence-corrected chi connectivity index (χ4v) is 4.75. The van der Waals surface area contributed by atoms with Crippen molar-refractivity contribution in [1.82, 2.24) is 29.9 Å². The first-order valence-corrected chi connectivity index (χ1v) is 13.3. The summed E-state index contributed by atoms with van der Waals surface area (Å²) in [6, 6.07) is 1.68. The molecule has 4 heterocycles. The summed E-state index contributed by atoms with van der Waals surface area (Å²) in [5.41, 5.74) is 12.6. The normalized spacial score (nSPS) is 22.7. The summed E-state index contributed by atoms with van der Waals surface area (Å²) in [5, 5.41) is 23.0. The molecular formula is C28H40N8O3. The molecule has 0 saturated heterocycles. The fraction of sp³-hybridized carbons (Fsp3) is 0.500. The zero-order valence-electron chi connectivity index (χ0n) is 24.1. The van der Waals surface area contributed by atoms with Crippen LogP contribution in [0.15, 0.2) is 28.6 Å². The predicted molar refractivity (Wildman–Crippen MR) is 154 cm³/mol. The lowest BCUT2D eigenvalue weighted by Crippen LogP contribution is -2.43. The number of aromatic amines is 1. The largest absolute Gasteiger partial charge is 0.479 e. The minimum Gasteiger partial charge on any atom is -0.479 e. The number of ether oxygens (including phenoxy) is 2. The van der Waals surface area contributed by atoms with Crippen molar-refractivity contribution in [1.29, 1.82) is 0 Å². The van der Waals surface area contributed by atoms with E-state index in [-0.39, 0.29) is 30.7 Å². The third-order valence-electron chi connectivity index (χ3n) is 7.18. The summed E-state index contributed by atoms with van der Waals surface area (Å²) in [6.45, 7) is 12.6. The van der Waals surface area contributed by atoms with Gasteiger partial charge in [0.15, 0.2) is 5.88 Å². The summed E-state index contributed by atoms with van der Waals surface area (Å²) in [5.74, 6) is 0.926. The van der Waals surface area contributed by atoms with E-state index in [1.165, 1.54) is 0 Å². The highest BCUT2D eigenvalue weighted by atomic mass is 16.5. The molecule has 3 aromatic heterocycles. The van der Waals surface area contributed by atoms with Gasteiger partial charge < -0.3 is 20.3 Å². The molecule has 210 valence electrons. The minimum absolute atomic E-state index is 0.0135. The Balaban J connectivity index is 2.00. The zero-order chi connectivity index (χ0) is 28.4. The van der Waals surface area contributed by atoms with Gasteiger partial charge in [0.1, 0.15) is 11.6 Å². The van der Waals surface area contributed by atoms with Crippen molar-refractivity contribution in [3.05, 3.63) is 40.7 Å². The van der Waals surface area contributed by atoms with Crippen LogP contribution < -0.4 is 10.5 Å². The van der Waals surface area contributed by atoms with E-state index >= 15 is 0 Å². The Bertz CT molecular complexity index is 1430. The molecule has 2 bridgehead atoms. The summed E-state index contributed by atoms with van der Waals surface area (Å²) >= 11 is 0. The van der Waals surface area contributed by atoms with Crippen LogP contribution in [-0.2, 0) is 11.8 Å². The van der Waals surface area contributed by atoms with Gasteiger partial charge in [0.05, 0.1) is 58.9 Å². The number of nitrogens with two attached hydrogens (primary N) is 1. The van der Waals surface area contributed by atoms with Crippen molar-refractivity contribution < 1.29 is 14.6 Å². The molecular weight excluding hydrogens is 496 g/mol. The first kappa shape index (κ1) is 28.3. The van der Waals surface area contributed by atoms with Crippen molar-refractivity contribution in [2.24, 2.45) is 17.8 Å². The maximum Gasteiger partial charge on any atom is 0.221 e. The second-order valence-electron chi connectivity index (χ2n) is 10.1. The van der Waals surface area contributed by atoms with Gasteiger partial charge in [0.25, 0.3) is 0 Å². The van der Waals surface area contributed by atoms with Crippen molar-refractivity contribution >= 4 is 22.7 Å². The van der Waals surface area contributed by atoms with E-state index < -0.39 is 0 Å². The topological polar surface area (TPSA) is 140 Å². The molecule has 3 aromatic rings. The van der Waals surface area contributed by atoms with E-state index in [1.807, 2.05) is 66.9 Å². The van der Waals surface area contributed by atoms with E-state index in [4.69, 9.17) is 25.2 Å². The van der Waals surface area contributed by atoms with Crippen molar-refractivity contribution in [2.75, 3.05) is 26.8 Å². The molecule has 0 saturated carbocycles. The molecule has 0 aliphatic carbocycles. The highest BCUT2D eigenvalue weighted by molar-refractivity contribution is 6.05. The minimum atomic E-state index is -0.318. The van der Waals surface area contributed by atoms with Crippen LogP contribution in [0.4, 0.5) is 0 Å². The van der Waals surface area contributed by atoms with Gasteiger partial charge in [-0.2, -0.15) is 10.2 Å². The van der Waals surface area contributed by atoms with Crippen LogP contribution in [0.25, 0.3) is 28.2 Å². The summed E-state index contributed by atoms with van der Waals surface area (Å²) in [7, 11) is 3.90. The molecule has 2 unspecified atom stereocenters. The summed E-state index contributed by atoms with van der Waals surface area (Å²) < 4.78 is 14.1. The molecule has 0 amide bonds. The maximum atomic E-state index is 9.80. The first-order valence-electron chi connectivity index (χ1n) is 13.3. The number of aliphatic imine (C=N–C) groups is 1. The van der Waals surface area contributed by atoms with E-state index in [9.17, 15) is 5.11 Å². The number of hydrogen-bond acceptors (Lipinski definition) is 9. The summed E-state index contributed by atoms with van der Waals surface area (Å²) in [6.07, 6.45) is 3.62. The van der Waals surface area contributed by atoms with Gasteiger partial charge >= 0.3 is 0 Å². The van der Waals surface area contributed by atoms with Crippen LogP contribution in [0.1, 0.15) is 44.8 Å². The molecule has 1 aliphatic rings. The van der Waals surface area contributed by atoms with Crippen LogP contribution in [-0.4, -0.2) is 85.7 Å². The molecule has 4 N–H and O–H groups in total. The Labute approximate surface area is 229 Å². The van der Waals surface area contributed by atoms with Crippen LogP contribution in [0, 0.1) is 13.8 Å². The van der Waals surface area contributed by atoms with E-state index in [0.717, 1.165) is 39.2 Å². The number of hydrogen-bond donors (Lipinski definition) is 3. The number of aromatic nitrogens is 5. The van der Waals surface area contributed by atoms with E-state index in [0.29, 0.717) is 30.3 Å². The van der Waals surface area contributed by atoms with Gasteiger partial charge in [-0.3, -0.25) is 20.0 Å². The first-order chi connectivity index (χ1) is 18.5. The van der Waals surface area contributed by atoms with E-state index in [2.05, 4.69) is 27.1 Å². The number of aryl methyl sites for hydroxylation is 3. The molecule has 11 nitrogen and oxygen atoms in total. The van der Waals surface area contributed by atoms with Crippen LogP contribution in [0.3, 0.4) is 0 Å². The quantitative estimate of drug-likeness (QED) is 0.432. The van der Waals surface area contributed by atoms with Crippen molar-refractivity contribution in [3.63, 3.8) is 0 Å². The third kappa shape index (κ3) is 5.69. The number of nitrogens with zero attached hydrogens (tertiary/aromatic N) is 6. The van der Waals surface area contributed by atoms with Crippen molar-refractivity contribution in [3.8, 4) is 17.1 Å². The number of rotatable bonds is 4. The lowest BCUT2D eigenvalue weighted by molar-refractivity contribution is 0.107. The number of aliphatic hydroxyl groups excluding tert-OH is 1. The number of fused-ring (bicyclic) bond motifs is 3. The smallest absolute Gasteiger partial charge is 0.221 e. The SMILES string of the molecule is CCO/C(N)=C1\C=C\c2[nH]nc3c(C)nc(cc23)-c2c(C)nn(C)c2O[C@H](C)C(C)N(C)CC1=NC(C)CO. The molecule has 0 radical (unpaired) electrons. The third-order valence-corrected chi connectivity index (χ3v) is 7.18. The second kappa shape index (κ2) is 11.6. The molecule has 3 atom stereocenters. The highest BCUT2D eigenvalue weighted by Gasteiger charge is 2.27. The van der Waals surface area contributed by atoms with Crippen LogP contribution >= 0.6 is 0 Å². The van der Waals surface area contributed by atoms with Crippen LogP contribution in [0.2, 0.25) is 0 Å².